The van der Waals surface area contributed by atoms with E-state index in [1.165, 1.54) is 30.4 Å². The Kier molecular flexibility index (Phi) is 5.11. The monoisotopic (exact) mass is 380 g/mol. The molecule has 1 aromatic heterocycles. The van der Waals surface area contributed by atoms with Crippen LogP contribution in [0.25, 0.3) is 0 Å². The van der Waals surface area contributed by atoms with Crippen molar-refractivity contribution in [2.45, 2.75) is 34.5 Å². The Morgan fingerprint density at radius 3 is 2.40 bits per heavy atom. The third kappa shape index (κ3) is 3.42. The highest BCUT2D eigenvalue weighted by Crippen LogP contribution is 2.39. The van der Waals surface area contributed by atoms with Crippen molar-refractivity contribution in [3.63, 3.8) is 0 Å². The van der Waals surface area contributed by atoms with E-state index < -0.39 is 15.4 Å². The molecule has 0 amide bonds. The molecule has 0 bridgehead atoms. The van der Waals surface area contributed by atoms with E-state index in [-0.39, 0.29) is 14.9 Å². The lowest BCUT2D eigenvalue weighted by molar-refractivity contribution is -0.0946. The standard InChI is InChI=1S/C18H20O5S2/c1-13(19)14-3-5-16(6-4-14)25(20,21)17-11-15(12-24-17)18(22-2)7-9-23-10-8-18/h3-6,11-12H,7-10H2,1-2H3. The Hall–Kier alpha value is -1.54. The first-order valence-electron chi connectivity index (χ1n) is 7.97. The number of ether oxygens (including phenoxy) is 2. The van der Waals surface area contributed by atoms with Crippen molar-refractivity contribution in [3.8, 4) is 0 Å². The van der Waals surface area contributed by atoms with Gasteiger partial charge in [0.05, 0.1) is 10.5 Å². The maximum atomic E-state index is 12.9. The zero-order chi connectivity index (χ0) is 18.1. The summed E-state index contributed by atoms with van der Waals surface area (Å²) in [6.45, 7) is 2.64. The van der Waals surface area contributed by atoms with Crippen LogP contribution in [-0.2, 0) is 24.9 Å². The number of thiophene rings is 1. The van der Waals surface area contributed by atoms with Crippen molar-refractivity contribution in [3.05, 3.63) is 46.8 Å². The van der Waals surface area contributed by atoms with E-state index in [4.69, 9.17) is 9.47 Å². The van der Waals surface area contributed by atoms with Gasteiger partial charge in [0.2, 0.25) is 9.84 Å². The van der Waals surface area contributed by atoms with Gasteiger partial charge in [0.1, 0.15) is 4.21 Å². The fourth-order valence-corrected chi connectivity index (χ4v) is 5.66. The minimum absolute atomic E-state index is 0.0936. The van der Waals surface area contributed by atoms with Crippen LogP contribution in [0.5, 0.6) is 0 Å². The van der Waals surface area contributed by atoms with E-state index in [0.29, 0.717) is 31.6 Å². The molecule has 0 radical (unpaired) electrons. The van der Waals surface area contributed by atoms with Crippen LogP contribution in [-0.4, -0.2) is 34.5 Å². The van der Waals surface area contributed by atoms with Crippen LogP contribution in [0.1, 0.15) is 35.7 Å². The summed E-state index contributed by atoms with van der Waals surface area (Å²) in [5.41, 5.74) is 0.884. The summed E-state index contributed by atoms with van der Waals surface area (Å²) < 4.78 is 37.1. The molecule has 0 saturated carbocycles. The maximum absolute atomic E-state index is 12.9. The van der Waals surface area contributed by atoms with Crippen molar-refractivity contribution >= 4 is 27.0 Å². The number of carbonyl (C=O) groups is 1. The summed E-state index contributed by atoms with van der Waals surface area (Å²) in [4.78, 5) is 11.5. The van der Waals surface area contributed by atoms with Gasteiger partial charge >= 0.3 is 0 Å². The van der Waals surface area contributed by atoms with Crippen molar-refractivity contribution in [2.75, 3.05) is 20.3 Å². The molecule has 1 saturated heterocycles. The summed E-state index contributed by atoms with van der Waals surface area (Å²) >= 11 is 1.19. The lowest BCUT2D eigenvalue weighted by atomic mass is 9.88. The number of Topliss-reactive ketones (excluding diaryl/α,β-unsaturated/α-hetero) is 1. The summed E-state index contributed by atoms with van der Waals surface area (Å²) in [5, 5.41) is 1.85. The van der Waals surface area contributed by atoms with Crippen LogP contribution in [0.4, 0.5) is 0 Å². The largest absolute Gasteiger partial charge is 0.381 e. The third-order valence-electron chi connectivity index (χ3n) is 4.63. The second-order valence-electron chi connectivity index (χ2n) is 6.05. The predicted molar refractivity (Wildman–Crippen MR) is 95.0 cm³/mol. The molecule has 1 aliphatic rings. The highest BCUT2D eigenvalue weighted by Gasteiger charge is 2.36. The van der Waals surface area contributed by atoms with Gasteiger partial charge in [-0.1, -0.05) is 12.1 Å². The molecule has 3 rings (SSSR count). The Bertz CT molecular complexity index is 859. The van der Waals surface area contributed by atoms with Crippen LogP contribution in [0.15, 0.2) is 44.8 Å². The van der Waals surface area contributed by atoms with Crippen LogP contribution in [0, 0.1) is 0 Å². The fourth-order valence-electron chi connectivity index (χ4n) is 2.99. The number of benzene rings is 1. The molecule has 1 aliphatic heterocycles. The van der Waals surface area contributed by atoms with E-state index in [0.717, 1.165) is 5.56 Å². The van der Waals surface area contributed by atoms with E-state index in [1.54, 1.807) is 25.3 Å². The van der Waals surface area contributed by atoms with Gasteiger partial charge in [0.15, 0.2) is 5.78 Å². The second-order valence-corrected chi connectivity index (χ2v) is 9.14. The van der Waals surface area contributed by atoms with Gasteiger partial charge in [0.25, 0.3) is 0 Å². The molecule has 0 N–H and O–H groups in total. The Morgan fingerprint density at radius 2 is 1.84 bits per heavy atom. The van der Waals surface area contributed by atoms with Gasteiger partial charge < -0.3 is 9.47 Å². The van der Waals surface area contributed by atoms with Crippen molar-refractivity contribution in [1.29, 1.82) is 0 Å². The molecular weight excluding hydrogens is 360 g/mol. The maximum Gasteiger partial charge on any atom is 0.215 e. The Balaban J connectivity index is 1.93. The number of rotatable bonds is 5. The topological polar surface area (TPSA) is 69.7 Å². The first kappa shape index (κ1) is 18.3. The first-order chi connectivity index (χ1) is 11.9. The quantitative estimate of drug-likeness (QED) is 0.743. The van der Waals surface area contributed by atoms with Gasteiger partial charge in [-0.25, -0.2) is 8.42 Å². The number of sulfone groups is 1. The smallest absolute Gasteiger partial charge is 0.215 e. The average Bonchev–Trinajstić information content (AvgIpc) is 3.14. The van der Waals surface area contributed by atoms with Crippen molar-refractivity contribution in [1.82, 2.24) is 0 Å². The number of hydrogen-bond donors (Lipinski definition) is 0. The lowest BCUT2D eigenvalue weighted by Crippen LogP contribution is -2.35. The highest BCUT2D eigenvalue weighted by atomic mass is 32.2. The SMILES string of the molecule is COC1(c2csc(S(=O)(=O)c3ccc(C(C)=O)cc3)c2)CCOCC1. The minimum Gasteiger partial charge on any atom is -0.381 e. The molecule has 5 nitrogen and oxygen atoms in total. The van der Waals surface area contributed by atoms with Crippen LogP contribution in [0.2, 0.25) is 0 Å². The number of hydrogen-bond acceptors (Lipinski definition) is 6. The first-order valence-corrected chi connectivity index (χ1v) is 10.3. The normalized spacial score (nSPS) is 17.4. The molecule has 2 heterocycles. The molecule has 25 heavy (non-hydrogen) atoms. The molecule has 0 unspecified atom stereocenters. The lowest BCUT2D eigenvalue weighted by Gasteiger charge is -2.35. The van der Waals surface area contributed by atoms with E-state index >= 15 is 0 Å². The zero-order valence-corrected chi connectivity index (χ0v) is 15.8. The van der Waals surface area contributed by atoms with E-state index in [9.17, 15) is 13.2 Å². The van der Waals surface area contributed by atoms with Crippen LogP contribution >= 0.6 is 11.3 Å². The van der Waals surface area contributed by atoms with E-state index in [1.807, 2.05) is 5.38 Å². The molecule has 1 fully saturated rings. The van der Waals surface area contributed by atoms with Gasteiger partial charge in [-0.15, -0.1) is 11.3 Å². The summed E-state index contributed by atoms with van der Waals surface area (Å²) in [6, 6.07) is 7.74. The molecule has 0 aliphatic carbocycles. The Labute approximate surface area is 151 Å². The van der Waals surface area contributed by atoms with Gasteiger partial charge in [-0.05, 0) is 36.1 Å². The number of carbonyl (C=O) groups excluding carboxylic acids is 1. The third-order valence-corrected chi connectivity index (χ3v) is 7.84. The summed E-state index contributed by atoms with van der Waals surface area (Å²) in [6.07, 6.45) is 1.40. The Morgan fingerprint density at radius 1 is 1.20 bits per heavy atom. The van der Waals surface area contributed by atoms with Gasteiger partial charge in [-0.3, -0.25) is 4.79 Å². The molecule has 0 spiro atoms. The van der Waals surface area contributed by atoms with Gasteiger partial charge in [0, 0.05) is 38.7 Å². The summed E-state index contributed by atoms with van der Waals surface area (Å²) in [5.74, 6) is -0.0936. The average molecular weight is 380 g/mol. The van der Waals surface area contributed by atoms with Crippen LogP contribution in [0.3, 0.4) is 0 Å². The van der Waals surface area contributed by atoms with Crippen molar-refractivity contribution < 1.29 is 22.7 Å². The zero-order valence-electron chi connectivity index (χ0n) is 14.2. The minimum atomic E-state index is -3.61. The highest BCUT2D eigenvalue weighted by molar-refractivity contribution is 7.93. The number of ketones is 1. The predicted octanol–water partition coefficient (Wildman–Crippen LogP) is 3.44. The molecule has 7 heteroatoms. The van der Waals surface area contributed by atoms with Crippen molar-refractivity contribution in [2.24, 2.45) is 0 Å². The second kappa shape index (κ2) is 6.99. The molecule has 1 aromatic carbocycles. The number of methoxy groups -OCH3 is 1. The molecule has 134 valence electrons. The molecule has 2 aromatic rings. The van der Waals surface area contributed by atoms with E-state index in [2.05, 4.69) is 0 Å². The van der Waals surface area contributed by atoms with Gasteiger partial charge in [-0.2, -0.15) is 0 Å². The molecule has 0 atom stereocenters. The molecular formula is C18H20O5S2. The summed E-state index contributed by atoms with van der Waals surface area (Å²) in [7, 11) is -1.96. The van der Waals surface area contributed by atoms with Crippen LogP contribution < -0.4 is 0 Å². The fraction of sp³-hybridized carbons (Fsp3) is 0.389.